The average molecular weight is 336 g/mol. The predicted molar refractivity (Wildman–Crippen MR) is 78.6 cm³/mol. The predicted octanol–water partition coefficient (Wildman–Crippen LogP) is 0.241. The van der Waals surface area contributed by atoms with Crippen molar-refractivity contribution in [1.82, 2.24) is 8.61 Å². The molecule has 1 aliphatic heterocycles. The van der Waals surface area contributed by atoms with Crippen LogP contribution in [0.25, 0.3) is 0 Å². The Balaban J connectivity index is 1.90. The molecule has 0 radical (unpaired) electrons. The van der Waals surface area contributed by atoms with Gasteiger partial charge in [-0.15, -0.1) is 0 Å². The first-order valence-electron chi connectivity index (χ1n) is 6.52. The van der Waals surface area contributed by atoms with Gasteiger partial charge in [-0.3, -0.25) is 0 Å². The van der Waals surface area contributed by atoms with E-state index < -0.39 is 20.0 Å². The van der Waals surface area contributed by atoms with Crippen LogP contribution < -0.4 is 0 Å². The summed E-state index contributed by atoms with van der Waals surface area (Å²) in [7, 11) is -5.14. The molecule has 21 heavy (non-hydrogen) atoms. The highest BCUT2D eigenvalue weighted by atomic mass is 32.2. The van der Waals surface area contributed by atoms with Gasteiger partial charge in [-0.2, -0.15) is 4.31 Å². The van der Waals surface area contributed by atoms with Gasteiger partial charge in [0.05, 0.1) is 18.6 Å². The Morgan fingerprint density at radius 3 is 2.38 bits per heavy atom. The molecule has 7 nitrogen and oxygen atoms in total. The van der Waals surface area contributed by atoms with E-state index in [4.69, 9.17) is 4.42 Å². The van der Waals surface area contributed by atoms with E-state index in [9.17, 15) is 16.8 Å². The fourth-order valence-electron chi connectivity index (χ4n) is 2.21. The molecule has 0 atom stereocenters. The molecule has 9 heteroatoms. The molecule has 0 amide bonds. The lowest BCUT2D eigenvalue weighted by Gasteiger charge is -2.37. The van der Waals surface area contributed by atoms with Crippen LogP contribution in [0.1, 0.15) is 11.5 Å². The van der Waals surface area contributed by atoms with Crippen LogP contribution in [-0.4, -0.2) is 57.6 Å². The standard InChI is InChI=1S/C12H20N2O5S2/c1-10-4-5-12(19-10)8-13(2)21(17,18)9-11-6-14(7-11)20(3,15)16/h4-5,11H,6-9H2,1-3H3. The summed E-state index contributed by atoms with van der Waals surface area (Å²) >= 11 is 0. The van der Waals surface area contributed by atoms with Gasteiger partial charge in [0.1, 0.15) is 11.5 Å². The van der Waals surface area contributed by atoms with Crippen LogP contribution in [0.4, 0.5) is 0 Å². The molecule has 0 saturated carbocycles. The van der Waals surface area contributed by atoms with Gasteiger partial charge in [0, 0.05) is 26.1 Å². The molecule has 0 N–H and O–H groups in total. The minimum Gasteiger partial charge on any atom is -0.465 e. The lowest BCUT2D eigenvalue weighted by molar-refractivity contribution is 0.219. The molecule has 0 unspecified atom stereocenters. The fraction of sp³-hybridized carbons (Fsp3) is 0.667. The molecule has 1 aliphatic rings. The van der Waals surface area contributed by atoms with Crippen LogP contribution in [0.5, 0.6) is 0 Å². The van der Waals surface area contributed by atoms with E-state index in [1.807, 2.05) is 0 Å². The minimum atomic E-state index is -3.43. The molecular formula is C12H20N2O5S2. The Bertz CT molecular complexity index is 702. The summed E-state index contributed by atoms with van der Waals surface area (Å²) in [6, 6.07) is 3.53. The van der Waals surface area contributed by atoms with Crippen molar-refractivity contribution in [3.05, 3.63) is 23.7 Å². The Labute approximate surface area is 125 Å². The number of hydrogen-bond donors (Lipinski definition) is 0. The summed E-state index contributed by atoms with van der Waals surface area (Å²) < 4.78 is 54.8. The molecule has 1 saturated heterocycles. The Morgan fingerprint density at radius 2 is 1.90 bits per heavy atom. The Hall–Kier alpha value is -0.900. The quantitative estimate of drug-likeness (QED) is 0.742. The molecule has 0 spiro atoms. The van der Waals surface area contributed by atoms with Gasteiger partial charge in [-0.05, 0) is 19.1 Å². The molecule has 1 aromatic rings. The number of furan rings is 1. The third kappa shape index (κ3) is 4.06. The Kier molecular flexibility index (Phi) is 4.48. The van der Waals surface area contributed by atoms with Crippen LogP contribution in [0.2, 0.25) is 0 Å². The second kappa shape index (κ2) is 5.71. The van der Waals surface area contributed by atoms with Gasteiger partial charge in [-0.1, -0.05) is 0 Å². The van der Waals surface area contributed by atoms with Gasteiger partial charge in [-0.25, -0.2) is 21.1 Å². The van der Waals surface area contributed by atoms with E-state index in [1.54, 1.807) is 19.1 Å². The largest absolute Gasteiger partial charge is 0.465 e. The molecule has 1 aromatic heterocycles. The number of sulfonamides is 2. The van der Waals surface area contributed by atoms with Gasteiger partial charge in [0.25, 0.3) is 0 Å². The van der Waals surface area contributed by atoms with Crippen molar-refractivity contribution >= 4 is 20.0 Å². The molecule has 0 bridgehead atoms. The zero-order valence-corrected chi connectivity index (χ0v) is 13.9. The van der Waals surface area contributed by atoms with Crippen LogP contribution in [0, 0.1) is 12.8 Å². The van der Waals surface area contributed by atoms with E-state index in [2.05, 4.69) is 0 Å². The topological polar surface area (TPSA) is 87.9 Å². The van der Waals surface area contributed by atoms with Crippen molar-refractivity contribution < 1.29 is 21.3 Å². The van der Waals surface area contributed by atoms with Crippen LogP contribution in [0.3, 0.4) is 0 Å². The summed E-state index contributed by atoms with van der Waals surface area (Å²) in [5, 5.41) is 0. The van der Waals surface area contributed by atoms with Gasteiger partial charge >= 0.3 is 0 Å². The lowest BCUT2D eigenvalue weighted by Crippen LogP contribution is -2.52. The third-order valence-corrected chi connectivity index (χ3v) is 6.70. The molecule has 1 fully saturated rings. The second-order valence-corrected chi connectivity index (χ2v) is 9.60. The highest BCUT2D eigenvalue weighted by Crippen LogP contribution is 2.22. The second-order valence-electron chi connectivity index (χ2n) is 5.49. The zero-order valence-electron chi connectivity index (χ0n) is 12.3. The number of hydrogen-bond acceptors (Lipinski definition) is 5. The third-order valence-electron chi connectivity index (χ3n) is 3.49. The van der Waals surface area contributed by atoms with Crippen molar-refractivity contribution in [2.24, 2.45) is 5.92 Å². The van der Waals surface area contributed by atoms with Gasteiger partial charge in [0.15, 0.2) is 0 Å². The number of rotatable bonds is 6. The van der Waals surface area contributed by atoms with Crippen LogP contribution in [-0.2, 0) is 26.6 Å². The fourth-order valence-corrected chi connectivity index (χ4v) is 4.56. The molecule has 2 heterocycles. The van der Waals surface area contributed by atoms with Crippen LogP contribution in [0.15, 0.2) is 16.5 Å². The molecule has 0 aliphatic carbocycles. The maximum Gasteiger partial charge on any atom is 0.214 e. The molecular weight excluding hydrogens is 316 g/mol. The van der Waals surface area contributed by atoms with Gasteiger partial charge in [0.2, 0.25) is 20.0 Å². The SMILES string of the molecule is Cc1ccc(CN(C)S(=O)(=O)CC2CN(S(C)(=O)=O)C2)o1. The maximum atomic E-state index is 12.2. The van der Waals surface area contributed by atoms with E-state index >= 15 is 0 Å². The Morgan fingerprint density at radius 1 is 1.29 bits per heavy atom. The lowest BCUT2D eigenvalue weighted by atomic mass is 10.1. The summed E-state index contributed by atoms with van der Waals surface area (Å²) in [4.78, 5) is 0. The maximum absolute atomic E-state index is 12.2. The van der Waals surface area contributed by atoms with Crippen LogP contribution >= 0.6 is 0 Å². The summed E-state index contributed by atoms with van der Waals surface area (Å²) in [6.45, 7) is 2.52. The highest BCUT2D eigenvalue weighted by molar-refractivity contribution is 7.89. The zero-order chi connectivity index (χ0) is 15.8. The summed E-state index contributed by atoms with van der Waals surface area (Å²) in [5.74, 6) is 1.13. The molecule has 0 aromatic carbocycles. The van der Waals surface area contributed by atoms with E-state index in [1.165, 1.54) is 15.7 Å². The molecule has 120 valence electrons. The number of nitrogens with zero attached hydrogens (tertiary/aromatic N) is 2. The highest BCUT2D eigenvalue weighted by Gasteiger charge is 2.37. The summed E-state index contributed by atoms with van der Waals surface area (Å²) in [5.41, 5.74) is 0. The first kappa shape index (κ1) is 16.5. The molecule has 2 rings (SSSR count). The first-order valence-corrected chi connectivity index (χ1v) is 9.98. The van der Waals surface area contributed by atoms with Crippen molar-refractivity contribution in [2.75, 3.05) is 32.1 Å². The van der Waals surface area contributed by atoms with Crippen molar-refractivity contribution in [2.45, 2.75) is 13.5 Å². The smallest absolute Gasteiger partial charge is 0.214 e. The van der Waals surface area contributed by atoms with E-state index in [-0.39, 0.29) is 31.3 Å². The van der Waals surface area contributed by atoms with E-state index in [0.29, 0.717) is 5.76 Å². The van der Waals surface area contributed by atoms with Crippen molar-refractivity contribution in [1.29, 1.82) is 0 Å². The van der Waals surface area contributed by atoms with Gasteiger partial charge < -0.3 is 4.42 Å². The normalized spacial score (nSPS) is 18.1. The minimum absolute atomic E-state index is 0.0464. The summed E-state index contributed by atoms with van der Waals surface area (Å²) in [6.07, 6.45) is 1.13. The first-order chi connectivity index (χ1) is 9.58. The van der Waals surface area contributed by atoms with E-state index in [0.717, 1.165) is 12.0 Å². The van der Waals surface area contributed by atoms with Crippen molar-refractivity contribution in [3.63, 3.8) is 0 Å². The monoisotopic (exact) mass is 336 g/mol. The average Bonchev–Trinajstić information content (AvgIpc) is 2.67. The van der Waals surface area contributed by atoms with Crippen molar-refractivity contribution in [3.8, 4) is 0 Å². The number of aryl methyl sites for hydroxylation is 1.